The number of nitrogen functional groups attached to an aromatic ring is 1. The molecule has 0 saturated carbocycles. The van der Waals surface area contributed by atoms with E-state index in [2.05, 4.69) is 9.88 Å². The maximum Gasteiger partial charge on any atom is 0.329 e. The monoisotopic (exact) mass is 322 g/mol. The van der Waals surface area contributed by atoms with Crippen LogP contribution in [-0.2, 0) is 6.54 Å². The second kappa shape index (κ2) is 8.10. The predicted octanol–water partition coefficient (Wildman–Crippen LogP) is 0.978. The van der Waals surface area contributed by atoms with Crippen molar-refractivity contribution < 1.29 is 4.79 Å². The highest BCUT2D eigenvalue weighted by molar-refractivity contribution is 6.01. The smallest absolute Gasteiger partial charge is 0.329 e. The maximum absolute atomic E-state index is 12.6. The summed E-state index contributed by atoms with van der Waals surface area (Å²) in [6, 6.07) is 0. The van der Waals surface area contributed by atoms with Crippen molar-refractivity contribution in [2.75, 3.05) is 25.4 Å². The second-order valence-corrected chi connectivity index (χ2v) is 6.14. The molecule has 0 amide bonds. The van der Waals surface area contributed by atoms with Gasteiger partial charge in [-0.1, -0.05) is 26.2 Å². The van der Waals surface area contributed by atoms with Crippen LogP contribution in [0.3, 0.4) is 0 Å². The average molecular weight is 322 g/mol. The second-order valence-electron chi connectivity index (χ2n) is 6.14. The molecule has 0 aromatic carbocycles. The summed E-state index contributed by atoms with van der Waals surface area (Å²) in [5.74, 6) is -0.327. The molecule has 1 aliphatic heterocycles. The van der Waals surface area contributed by atoms with Gasteiger partial charge in [-0.15, -0.1) is 0 Å². The number of carbonyl (C=O) groups excluding carboxylic acids is 1. The van der Waals surface area contributed by atoms with Crippen molar-refractivity contribution in [3.8, 4) is 0 Å². The lowest BCUT2D eigenvalue weighted by Crippen LogP contribution is -2.39. The zero-order valence-electron chi connectivity index (χ0n) is 13.8. The number of anilines is 1. The van der Waals surface area contributed by atoms with Gasteiger partial charge in [-0.05, 0) is 32.4 Å². The Morgan fingerprint density at radius 3 is 2.35 bits per heavy atom. The van der Waals surface area contributed by atoms with E-state index in [0.717, 1.165) is 25.9 Å². The topological polar surface area (TPSA) is 101 Å². The molecule has 1 fully saturated rings. The number of aromatic amines is 1. The van der Waals surface area contributed by atoms with E-state index in [-0.39, 0.29) is 23.7 Å². The van der Waals surface area contributed by atoms with Crippen molar-refractivity contribution >= 4 is 11.6 Å². The van der Waals surface area contributed by atoms with Crippen LogP contribution in [0.25, 0.3) is 0 Å². The van der Waals surface area contributed by atoms with Gasteiger partial charge in [0.15, 0.2) is 5.78 Å². The van der Waals surface area contributed by atoms with Crippen molar-refractivity contribution in [3.63, 3.8) is 0 Å². The normalized spacial score (nSPS) is 16.7. The van der Waals surface area contributed by atoms with E-state index in [9.17, 15) is 14.4 Å². The van der Waals surface area contributed by atoms with Crippen molar-refractivity contribution in [2.24, 2.45) is 0 Å². The minimum absolute atomic E-state index is 0.0161. The molecule has 0 aliphatic carbocycles. The fourth-order valence-corrected chi connectivity index (χ4v) is 3.06. The number of Topliss-reactive ketones (excluding diaryl/α,β-unsaturated/α-hetero) is 1. The third-order valence-electron chi connectivity index (χ3n) is 4.28. The third kappa shape index (κ3) is 4.31. The first-order valence-electron chi connectivity index (χ1n) is 8.42. The highest BCUT2D eigenvalue weighted by atomic mass is 16.2. The standard InChI is InChI=1S/C16H26N4O3/c1-2-8-20-14(17)13(15(22)18-16(20)23)12(21)11-19-9-6-4-3-5-7-10-19/h2-11,17H2,1H3,(H,18,22,23). The largest absolute Gasteiger partial charge is 0.384 e. The Morgan fingerprint density at radius 1 is 1.13 bits per heavy atom. The summed E-state index contributed by atoms with van der Waals surface area (Å²) < 4.78 is 1.27. The van der Waals surface area contributed by atoms with Crippen LogP contribution in [0.1, 0.15) is 55.8 Å². The Bertz CT molecular complexity index is 654. The first-order valence-corrected chi connectivity index (χ1v) is 8.42. The van der Waals surface area contributed by atoms with E-state index in [1.165, 1.54) is 23.8 Å². The first-order chi connectivity index (χ1) is 11.0. The van der Waals surface area contributed by atoms with Gasteiger partial charge in [0, 0.05) is 6.54 Å². The van der Waals surface area contributed by atoms with Gasteiger partial charge in [-0.3, -0.25) is 24.0 Å². The molecule has 0 spiro atoms. The van der Waals surface area contributed by atoms with Crippen LogP contribution in [0.4, 0.5) is 5.82 Å². The number of nitrogens with zero attached hydrogens (tertiary/aromatic N) is 2. The van der Waals surface area contributed by atoms with E-state index in [1.807, 2.05) is 6.92 Å². The van der Waals surface area contributed by atoms with Crippen LogP contribution in [0, 0.1) is 0 Å². The van der Waals surface area contributed by atoms with Gasteiger partial charge >= 0.3 is 5.69 Å². The number of likely N-dealkylation sites (tertiary alicyclic amines) is 1. The molecule has 0 radical (unpaired) electrons. The molecule has 1 saturated heterocycles. The lowest BCUT2D eigenvalue weighted by Gasteiger charge is -2.23. The van der Waals surface area contributed by atoms with Crippen LogP contribution in [0.15, 0.2) is 9.59 Å². The molecule has 23 heavy (non-hydrogen) atoms. The molecular formula is C16H26N4O3. The van der Waals surface area contributed by atoms with E-state index >= 15 is 0 Å². The number of nitrogens with one attached hydrogen (secondary N) is 1. The zero-order chi connectivity index (χ0) is 16.8. The number of carbonyl (C=O) groups is 1. The minimum Gasteiger partial charge on any atom is -0.384 e. The fourth-order valence-electron chi connectivity index (χ4n) is 3.06. The Kier molecular flexibility index (Phi) is 6.15. The van der Waals surface area contributed by atoms with E-state index in [4.69, 9.17) is 5.73 Å². The predicted molar refractivity (Wildman–Crippen MR) is 89.9 cm³/mol. The van der Waals surface area contributed by atoms with Crippen molar-refractivity contribution in [1.82, 2.24) is 14.5 Å². The van der Waals surface area contributed by atoms with Gasteiger partial charge in [0.2, 0.25) is 0 Å². The third-order valence-corrected chi connectivity index (χ3v) is 4.28. The average Bonchev–Trinajstić information content (AvgIpc) is 2.46. The quantitative estimate of drug-likeness (QED) is 0.787. The van der Waals surface area contributed by atoms with Gasteiger partial charge in [-0.2, -0.15) is 0 Å². The number of nitrogens with two attached hydrogens (primary N) is 1. The summed E-state index contributed by atoms with van der Waals surface area (Å²) in [5.41, 5.74) is 4.61. The molecular weight excluding hydrogens is 296 g/mol. The summed E-state index contributed by atoms with van der Waals surface area (Å²) in [7, 11) is 0. The van der Waals surface area contributed by atoms with Gasteiger partial charge in [0.05, 0.1) is 6.54 Å². The van der Waals surface area contributed by atoms with Crippen LogP contribution >= 0.6 is 0 Å². The Labute approximate surface area is 135 Å². The number of hydrogen-bond donors (Lipinski definition) is 2. The Balaban J connectivity index is 2.22. The summed E-state index contributed by atoms with van der Waals surface area (Å²) in [6.07, 6.45) is 6.42. The molecule has 3 N–H and O–H groups in total. The maximum atomic E-state index is 12.6. The molecule has 0 atom stereocenters. The Hall–Kier alpha value is -1.89. The molecule has 0 bridgehead atoms. The number of ketones is 1. The lowest BCUT2D eigenvalue weighted by molar-refractivity contribution is 0.0923. The van der Waals surface area contributed by atoms with Gasteiger partial charge < -0.3 is 5.73 Å². The molecule has 7 nitrogen and oxygen atoms in total. The molecule has 7 heteroatoms. The molecule has 1 aromatic heterocycles. The highest BCUT2D eigenvalue weighted by Crippen LogP contribution is 2.12. The first kappa shape index (κ1) is 17.5. The lowest BCUT2D eigenvalue weighted by atomic mass is 10.1. The van der Waals surface area contributed by atoms with Crippen molar-refractivity contribution in [2.45, 2.75) is 52.0 Å². The van der Waals surface area contributed by atoms with E-state index in [1.54, 1.807) is 0 Å². The molecule has 128 valence electrons. The summed E-state index contributed by atoms with van der Waals surface area (Å²) >= 11 is 0. The summed E-state index contributed by atoms with van der Waals surface area (Å²) in [5, 5.41) is 0. The Morgan fingerprint density at radius 2 is 1.74 bits per heavy atom. The number of H-pyrrole nitrogens is 1. The van der Waals surface area contributed by atoms with E-state index < -0.39 is 11.2 Å². The van der Waals surface area contributed by atoms with Gasteiger partial charge in [-0.25, -0.2) is 4.79 Å². The molecule has 2 rings (SSSR count). The van der Waals surface area contributed by atoms with Crippen LogP contribution < -0.4 is 17.0 Å². The van der Waals surface area contributed by atoms with Crippen LogP contribution in [-0.4, -0.2) is 39.9 Å². The number of hydrogen-bond acceptors (Lipinski definition) is 5. The number of rotatable bonds is 5. The van der Waals surface area contributed by atoms with Crippen LogP contribution in [0.5, 0.6) is 0 Å². The summed E-state index contributed by atoms with van der Waals surface area (Å²) in [4.78, 5) is 40.7. The zero-order valence-corrected chi connectivity index (χ0v) is 13.8. The minimum atomic E-state index is -0.683. The molecule has 0 unspecified atom stereocenters. The molecule has 2 heterocycles. The van der Waals surface area contributed by atoms with E-state index in [0.29, 0.717) is 13.0 Å². The van der Waals surface area contributed by atoms with Crippen LogP contribution in [0.2, 0.25) is 0 Å². The number of aromatic nitrogens is 2. The van der Waals surface area contributed by atoms with Gasteiger partial charge in [0.1, 0.15) is 11.4 Å². The summed E-state index contributed by atoms with van der Waals surface area (Å²) in [6.45, 7) is 4.18. The van der Waals surface area contributed by atoms with Crippen molar-refractivity contribution in [1.29, 1.82) is 0 Å². The SMILES string of the molecule is CCCn1c(N)c(C(=O)CN2CCCCCCC2)c(=O)[nH]c1=O. The van der Waals surface area contributed by atoms with Gasteiger partial charge in [0.25, 0.3) is 5.56 Å². The fraction of sp³-hybridized carbons (Fsp3) is 0.688. The molecule has 1 aromatic rings. The molecule has 1 aliphatic rings. The highest BCUT2D eigenvalue weighted by Gasteiger charge is 2.21. The van der Waals surface area contributed by atoms with Crippen molar-refractivity contribution in [3.05, 3.63) is 26.4 Å².